The largest absolute Gasteiger partial charge is 0.280 e. The zero-order valence-electron chi connectivity index (χ0n) is 9.27. The maximum absolute atomic E-state index is 13.3. The maximum Gasteiger partial charge on any atom is 0.228 e. The first kappa shape index (κ1) is 10.0. The molecule has 0 saturated heterocycles. The molecule has 0 aliphatic rings. The lowest BCUT2D eigenvalue weighted by molar-refractivity contribution is 0.0946. The summed E-state index contributed by atoms with van der Waals surface area (Å²) in [5.74, 6) is -0.355. The van der Waals surface area contributed by atoms with Crippen LogP contribution in [0.15, 0.2) is 42.5 Å². The van der Waals surface area contributed by atoms with Gasteiger partial charge in [0.05, 0.1) is 11.0 Å². The van der Waals surface area contributed by atoms with Crippen LogP contribution in [-0.2, 0) is 0 Å². The summed E-state index contributed by atoms with van der Waals surface area (Å²) >= 11 is 0. The van der Waals surface area contributed by atoms with Crippen LogP contribution in [0.1, 0.15) is 11.7 Å². The van der Waals surface area contributed by atoms with Gasteiger partial charge in [0.15, 0.2) is 0 Å². The van der Waals surface area contributed by atoms with E-state index in [-0.39, 0.29) is 11.7 Å². The van der Waals surface area contributed by atoms with E-state index in [0.29, 0.717) is 0 Å². The Bertz CT molecular complexity index is 742. The molecule has 0 bridgehead atoms. The lowest BCUT2D eigenvalue weighted by Gasteiger charge is -2.00. The summed E-state index contributed by atoms with van der Waals surface area (Å²) in [6.07, 6.45) is 0. The summed E-state index contributed by atoms with van der Waals surface area (Å²) in [5.41, 5.74) is 1.57. The fourth-order valence-electron chi connectivity index (χ4n) is 2.28. The molecule has 0 aliphatic heterocycles. The number of rotatable bonds is 0. The first-order valence-corrected chi connectivity index (χ1v) is 5.38. The molecule has 0 atom stereocenters. The zero-order chi connectivity index (χ0) is 12.0. The van der Waals surface area contributed by atoms with Gasteiger partial charge in [0.1, 0.15) is 5.82 Å². The van der Waals surface area contributed by atoms with E-state index in [1.807, 2.05) is 24.3 Å². The molecule has 2 aromatic carbocycles. The molecule has 0 unspecified atom stereocenters. The van der Waals surface area contributed by atoms with Gasteiger partial charge in [0.2, 0.25) is 5.91 Å². The highest BCUT2D eigenvalue weighted by Gasteiger charge is 2.12. The molecule has 3 rings (SSSR count). The first-order chi connectivity index (χ1) is 8.18. The van der Waals surface area contributed by atoms with Crippen molar-refractivity contribution in [1.29, 1.82) is 0 Å². The van der Waals surface area contributed by atoms with Crippen molar-refractivity contribution in [3.8, 4) is 0 Å². The number of hydrogen-bond acceptors (Lipinski definition) is 1. The minimum atomic E-state index is -0.288. The summed E-state index contributed by atoms with van der Waals surface area (Å²) in [6.45, 7) is 1.51. The van der Waals surface area contributed by atoms with Crippen LogP contribution >= 0.6 is 0 Å². The van der Waals surface area contributed by atoms with E-state index >= 15 is 0 Å². The second-order valence-corrected chi connectivity index (χ2v) is 4.03. The van der Waals surface area contributed by atoms with Crippen LogP contribution in [0.3, 0.4) is 0 Å². The number of benzene rings is 2. The first-order valence-electron chi connectivity index (χ1n) is 5.38. The van der Waals surface area contributed by atoms with Gasteiger partial charge in [-0.25, -0.2) is 4.39 Å². The van der Waals surface area contributed by atoms with Gasteiger partial charge in [-0.3, -0.25) is 9.36 Å². The fraction of sp³-hybridized carbons (Fsp3) is 0.0714. The van der Waals surface area contributed by atoms with Gasteiger partial charge < -0.3 is 0 Å². The number of fused-ring (bicyclic) bond motifs is 3. The Balaban J connectivity index is 2.62. The third-order valence-electron chi connectivity index (χ3n) is 2.95. The molecule has 0 aliphatic carbocycles. The van der Waals surface area contributed by atoms with Gasteiger partial charge in [0, 0.05) is 17.7 Å². The van der Waals surface area contributed by atoms with E-state index in [2.05, 4.69) is 0 Å². The van der Waals surface area contributed by atoms with Gasteiger partial charge >= 0.3 is 0 Å². The van der Waals surface area contributed by atoms with E-state index in [1.54, 1.807) is 10.6 Å². The van der Waals surface area contributed by atoms with E-state index < -0.39 is 0 Å². The second-order valence-electron chi connectivity index (χ2n) is 4.03. The normalized spacial score (nSPS) is 11.2. The van der Waals surface area contributed by atoms with Crippen molar-refractivity contribution in [2.24, 2.45) is 0 Å². The Hall–Kier alpha value is -2.16. The lowest BCUT2D eigenvalue weighted by Crippen LogP contribution is -2.04. The molecule has 84 valence electrons. The molecule has 3 aromatic rings. The molecule has 0 amide bonds. The second kappa shape index (κ2) is 3.42. The Morgan fingerprint density at radius 1 is 1.06 bits per heavy atom. The quantitative estimate of drug-likeness (QED) is 0.575. The monoisotopic (exact) mass is 227 g/mol. The number of carbonyl (C=O) groups is 1. The van der Waals surface area contributed by atoms with Crippen molar-refractivity contribution < 1.29 is 9.18 Å². The highest BCUT2D eigenvalue weighted by molar-refractivity contribution is 6.12. The fourth-order valence-corrected chi connectivity index (χ4v) is 2.28. The summed E-state index contributed by atoms with van der Waals surface area (Å²) in [4.78, 5) is 11.7. The minimum absolute atomic E-state index is 0.0668. The van der Waals surface area contributed by atoms with Crippen LogP contribution in [0.4, 0.5) is 4.39 Å². The molecule has 3 heteroatoms. The molecule has 17 heavy (non-hydrogen) atoms. The number of nitrogens with zero attached hydrogens (tertiary/aromatic N) is 1. The van der Waals surface area contributed by atoms with E-state index in [0.717, 1.165) is 21.8 Å². The summed E-state index contributed by atoms with van der Waals surface area (Å²) in [6, 6.07) is 12.0. The molecule has 0 radical (unpaired) electrons. The SMILES string of the molecule is CC(=O)n1c2ccccc2c2cc(F)ccc21. The third kappa shape index (κ3) is 1.35. The standard InChI is InChI=1S/C14H10FNO/c1-9(17)16-13-5-3-2-4-11(13)12-8-10(15)6-7-14(12)16/h2-8H,1H3. The number of para-hydroxylation sites is 1. The topological polar surface area (TPSA) is 22.0 Å². The predicted octanol–water partition coefficient (Wildman–Crippen LogP) is 3.59. The van der Waals surface area contributed by atoms with Gasteiger partial charge in [-0.1, -0.05) is 18.2 Å². The predicted molar refractivity (Wildman–Crippen MR) is 65.7 cm³/mol. The molecular weight excluding hydrogens is 217 g/mol. The number of carbonyl (C=O) groups excluding carboxylic acids is 1. The van der Waals surface area contributed by atoms with Gasteiger partial charge in [-0.2, -0.15) is 0 Å². The lowest BCUT2D eigenvalue weighted by atomic mass is 10.1. The van der Waals surface area contributed by atoms with Crippen molar-refractivity contribution in [3.05, 3.63) is 48.3 Å². The van der Waals surface area contributed by atoms with E-state index in [9.17, 15) is 9.18 Å². The molecule has 2 nitrogen and oxygen atoms in total. The van der Waals surface area contributed by atoms with Crippen molar-refractivity contribution >= 4 is 27.7 Å². The van der Waals surface area contributed by atoms with Crippen LogP contribution in [0.25, 0.3) is 21.8 Å². The number of halogens is 1. The van der Waals surface area contributed by atoms with Gasteiger partial charge in [0.25, 0.3) is 0 Å². The molecule has 1 heterocycles. The average Bonchev–Trinajstić information content (AvgIpc) is 2.63. The summed E-state index contributed by atoms with van der Waals surface area (Å²) in [7, 11) is 0. The average molecular weight is 227 g/mol. The zero-order valence-corrected chi connectivity index (χ0v) is 9.27. The highest BCUT2D eigenvalue weighted by Crippen LogP contribution is 2.29. The van der Waals surface area contributed by atoms with Gasteiger partial charge in [-0.05, 0) is 24.3 Å². The van der Waals surface area contributed by atoms with Crippen molar-refractivity contribution in [2.45, 2.75) is 6.92 Å². The van der Waals surface area contributed by atoms with E-state index in [4.69, 9.17) is 0 Å². The van der Waals surface area contributed by atoms with Crippen molar-refractivity contribution in [3.63, 3.8) is 0 Å². The van der Waals surface area contributed by atoms with Crippen LogP contribution in [0, 0.1) is 5.82 Å². The molecule has 1 aromatic heterocycles. The van der Waals surface area contributed by atoms with Crippen LogP contribution in [0.2, 0.25) is 0 Å². The third-order valence-corrected chi connectivity index (χ3v) is 2.95. The molecule has 0 saturated carbocycles. The smallest absolute Gasteiger partial charge is 0.228 e. The minimum Gasteiger partial charge on any atom is -0.280 e. The number of aromatic nitrogens is 1. The summed E-state index contributed by atoms with van der Waals surface area (Å²) in [5, 5.41) is 1.67. The summed E-state index contributed by atoms with van der Waals surface area (Å²) < 4.78 is 14.9. The molecular formula is C14H10FNO. The van der Waals surface area contributed by atoms with Crippen molar-refractivity contribution in [2.75, 3.05) is 0 Å². The molecule has 0 spiro atoms. The van der Waals surface area contributed by atoms with Crippen molar-refractivity contribution in [1.82, 2.24) is 4.57 Å². The highest BCUT2D eigenvalue weighted by atomic mass is 19.1. The Labute approximate surface area is 97.3 Å². The van der Waals surface area contributed by atoms with Crippen LogP contribution in [-0.4, -0.2) is 10.5 Å². The molecule has 0 N–H and O–H groups in total. The Morgan fingerprint density at radius 2 is 1.76 bits per heavy atom. The van der Waals surface area contributed by atoms with Crippen LogP contribution in [0.5, 0.6) is 0 Å². The molecule has 0 fully saturated rings. The Morgan fingerprint density at radius 3 is 2.53 bits per heavy atom. The maximum atomic E-state index is 13.3. The van der Waals surface area contributed by atoms with Gasteiger partial charge in [-0.15, -0.1) is 0 Å². The number of hydrogen-bond donors (Lipinski definition) is 0. The van der Waals surface area contributed by atoms with Crippen LogP contribution < -0.4 is 0 Å². The Kier molecular flexibility index (Phi) is 2.01. The van der Waals surface area contributed by atoms with E-state index in [1.165, 1.54) is 19.1 Å².